The topological polar surface area (TPSA) is 80.0 Å². The summed E-state index contributed by atoms with van der Waals surface area (Å²) in [5, 5.41) is 21.5. The number of phenols is 1. The number of hydrogen-bond acceptors (Lipinski definition) is 5. The van der Waals surface area contributed by atoms with E-state index in [0.29, 0.717) is 11.0 Å². The molecule has 0 fully saturated rings. The summed E-state index contributed by atoms with van der Waals surface area (Å²) in [7, 11) is 0. The number of anilines is 1. The number of aryl methyl sites for hydroxylation is 1. The van der Waals surface area contributed by atoms with Crippen molar-refractivity contribution in [2.24, 2.45) is 0 Å². The van der Waals surface area contributed by atoms with Crippen LogP contribution in [0.2, 0.25) is 0 Å². The van der Waals surface area contributed by atoms with Crippen LogP contribution in [0, 0.1) is 6.92 Å². The van der Waals surface area contributed by atoms with Gasteiger partial charge in [-0.15, -0.1) is 10.2 Å². The molecule has 1 heterocycles. The van der Waals surface area contributed by atoms with Gasteiger partial charge in [0, 0.05) is 16.9 Å². The molecule has 2 N–H and O–H groups in total. The van der Waals surface area contributed by atoms with Gasteiger partial charge >= 0.3 is 0 Å². The Morgan fingerprint density at radius 2 is 1.65 bits per heavy atom. The van der Waals surface area contributed by atoms with Gasteiger partial charge in [0.2, 0.25) is 5.91 Å². The Kier molecular flexibility index (Phi) is 6.04. The van der Waals surface area contributed by atoms with Gasteiger partial charge in [-0.25, -0.2) is 0 Å². The molecule has 3 aromatic carbocycles. The normalized spacial score (nSPS) is 11.8. The van der Waals surface area contributed by atoms with E-state index in [1.54, 1.807) is 24.3 Å². The fourth-order valence-electron chi connectivity index (χ4n) is 3.05. The van der Waals surface area contributed by atoms with Crippen LogP contribution in [0.5, 0.6) is 5.75 Å². The van der Waals surface area contributed by atoms with Crippen molar-refractivity contribution < 1.29 is 9.90 Å². The van der Waals surface area contributed by atoms with Crippen LogP contribution in [0.4, 0.5) is 5.69 Å². The molecule has 4 rings (SSSR count). The Morgan fingerprint density at radius 3 is 2.32 bits per heavy atom. The maximum Gasteiger partial charge on any atom is 0.237 e. The van der Waals surface area contributed by atoms with Gasteiger partial charge in [0.15, 0.2) is 11.0 Å². The summed E-state index contributed by atoms with van der Waals surface area (Å²) in [5.74, 6) is 0.716. The first-order chi connectivity index (χ1) is 15.0. The molecule has 0 aliphatic rings. The number of amides is 1. The van der Waals surface area contributed by atoms with Crippen molar-refractivity contribution in [3.63, 3.8) is 0 Å². The first-order valence-electron chi connectivity index (χ1n) is 9.86. The number of nitrogens with one attached hydrogen (secondary N) is 1. The van der Waals surface area contributed by atoms with Crippen molar-refractivity contribution in [1.82, 2.24) is 14.8 Å². The number of nitrogens with zero attached hydrogens (tertiary/aromatic N) is 3. The van der Waals surface area contributed by atoms with E-state index in [-0.39, 0.29) is 16.9 Å². The lowest BCUT2D eigenvalue weighted by Crippen LogP contribution is -2.22. The molecule has 0 radical (unpaired) electrons. The molecule has 156 valence electrons. The highest BCUT2D eigenvalue weighted by Crippen LogP contribution is 2.31. The third-order valence-corrected chi connectivity index (χ3v) is 5.79. The van der Waals surface area contributed by atoms with E-state index in [0.717, 1.165) is 22.5 Å². The van der Waals surface area contributed by atoms with Crippen LogP contribution in [-0.2, 0) is 4.79 Å². The molecular formula is C24H22N4O2S. The van der Waals surface area contributed by atoms with Gasteiger partial charge in [0.1, 0.15) is 5.75 Å². The molecule has 0 bridgehead atoms. The smallest absolute Gasteiger partial charge is 0.237 e. The minimum atomic E-state index is -0.388. The van der Waals surface area contributed by atoms with Gasteiger partial charge in [0.05, 0.1) is 5.25 Å². The number of carbonyl (C=O) groups excluding carboxylic acids is 1. The highest BCUT2D eigenvalue weighted by atomic mass is 32.2. The first kappa shape index (κ1) is 20.7. The highest BCUT2D eigenvalue weighted by Gasteiger charge is 2.22. The Labute approximate surface area is 185 Å². The number of para-hydroxylation sites is 1. The van der Waals surface area contributed by atoms with Gasteiger partial charge in [0.25, 0.3) is 0 Å². The summed E-state index contributed by atoms with van der Waals surface area (Å²) in [4.78, 5) is 12.7. The molecule has 7 heteroatoms. The number of rotatable bonds is 6. The molecule has 0 saturated heterocycles. The second-order valence-electron chi connectivity index (χ2n) is 7.14. The fourth-order valence-corrected chi connectivity index (χ4v) is 3.91. The zero-order valence-corrected chi connectivity index (χ0v) is 18.0. The lowest BCUT2D eigenvalue weighted by molar-refractivity contribution is -0.115. The van der Waals surface area contributed by atoms with E-state index in [4.69, 9.17) is 0 Å². The lowest BCUT2D eigenvalue weighted by Gasteiger charge is -2.14. The summed E-state index contributed by atoms with van der Waals surface area (Å²) in [6.45, 7) is 3.85. The molecular weight excluding hydrogens is 408 g/mol. The average molecular weight is 431 g/mol. The molecule has 4 aromatic rings. The Morgan fingerprint density at radius 1 is 0.968 bits per heavy atom. The number of aromatic nitrogens is 3. The van der Waals surface area contributed by atoms with Gasteiger partial charge in [-0.1, -0.05) is 47.7 Å². The van der Waals surface area contributed by atoms with Gasteiger partial charge < -0.3 is 10.4 Å². The van der Waals surface area contributed by atoms with E-state index in [1.165, 1.54) is 11.8 Å². The quantitative estimate of drug-likeness (QED) is 0.418. The van der Waals surface area contributed by atoms with Gasteiger partial charge in [-0.3, -0.25) is 9.36 Å². The minimum Gasteiger partial charge on any atom is -0.508 e. The monoisotopic (exact) mass is 430 g/mol. The highest BCUT2D eigenvalue weighted by molar-refractivity contribution is 8.00. The van der Waals surface area contributed by atoms with Crippen molar-refractivity contribution in [1.29, 1.82) is 0 Å². The van der Waals surface area contributed by atoms with Gasteiger partial charge in [-0.2, -0.15) is 0 Å². The van der Waals surface area contributed by atoms with Crippen molar-refractivity contribution in [3.05, 3.63) is 84.4 Å². The van der Waals surface area contributed by atoms with Crippen LogP contribution in [0.25, 0.3) is 17.1 Å². The zero-order chi connectivity index (χ0) is 21.8. The molecule has 0 saturated carbocycles. The number of phenolic OH excluding ortho intramolecular Hbond substituents is 1. The molecule has 1 amide bonds. The molecule has 0 unspecified atom stereocenters. The molecule has 0 spiro atoms. The van der Waals surface area contributed by atoms with E-state index in [9.17, 15) is 9.90 Å². The second-order valence-corrected chi connectivity index (χ2v) is 8.45. The third-order valence-electron chi connectivity index (χ3n) is 4.74. The number of aromatic hydroxyl groups is 1. The predicted octanol–water partition coefficient (Wildman–Crippen LogP) is 5.07. The molecule has 1 atom stereocenters. The largest absolute Gasteiger partial charge is 0.508 e. The predicted molar refractivity (Wildman–Crippen MR) is 124 cm³/mol. The van der Waals surface area contributed by atoms with Crippen molar-refractivity contribution in [3.8, 4) is 22.8 Å². The standard InChI is InChI=1S/C24H22N4O2S/c1-16-8-12-19(13-9-16)25-23(30)17(2)31-24-27-26-22(18-10-14-21(29)15-11-18)28(24)20-6-4-3-5-7-20/h3-15,17,29H,1-2H3,(H,25,30)/t17-/m0/s1. The molecule has 0 aliphatic carbocycles. The molecule has 0 aliphatic heterocycles. The number of benzene rings is 3. The van der Waals surface area contributed by atoms with Crippen LogP contribution >= 0.6 is 11.8 Å². The second kappa shape index (κ2) is 9.06. The maximum atomic E-state index is 12.7. The number of thioether (sulfide) groups is 1. The summed E-state index contributed by atoms with van der Waals surface area (Å²) >= 11 is 1.34. The lowest BCUT2D eigenvalue weighted by atomic mass is 10.2. The molecule has 6 nitrogen and oxygen atoms in total. The average Bonchev–Trinajstić information content (AvgIpc) is 3.19. The maximum absolute atomic E-state index is 12.7. The molecule has 1 aromatic heterocycles. The summed E-state index contributed by atoms with van der Waals surface area (Å²) in [5.41, 5.74) is 3.61. The van der Waals surface area contributed by atoms with Crippen LogP contribution in [-0.4, -0.2) is 31.0 Å². The Balaban J connectivity index is 1.62. The SMILES string of the molecule is Cc1ccc(NC(=O)[C@H](C)Sc2nnc(-c3ccc(O)cc3)n2-c2ccccc2)cc1. The van der Waals surface area contributed by atoms with E-state index >= 15 is 0 Å². The van der Waals surface area contributed by atoms with E-state index < -0.39 is 0 Å². The van der Waals surface area contributed by atoms with Crippen molar-refractivity contribution >= 4 is 23.4 Å². The van der Waals surface area contributed by atoms with Gasteiger partial charge in [-0.05, 0) is 62.4 Å². The minimum absolute atomic E-state index is 0.109. The Hall–Kier alpha value is -3.58. The van der Waals surface area contributed by atoms with E-state index in [2.05, 4.69) is 15.5 Å². The van der Waals surface area contributed by atoms with Crippen LogP contribution in [0.1, 0.15) is 12.5 Å². The van der Waals surface area contributed by atoms with Crippen LogP contribution in [0.3, 0.4) is 0 Å². The molecule has 31 heavy (non-hydrogen) atoms. The third kappa shape index (κ3) is 4.78. The summed E-state index contributed by atoms with van der Waals surface area (Å²) in [6.07, 6.45) is 0. The summed E-state index contributed by atoms with van der Waals surface area (Å²) in [6, 6.07) is 24.3. The first-order valence-corrected chi connectivity index (χ1v) is 10.7. The van der Waals surface area contributed by atoms with Crippen molar-refractivity contribution in [2.45, 2.75) is 24.3 Å². The van der Waals surface area contributed by atoms with E-state index in [1.807, 2.05) is 73.0 Å². The number of carbonyl (C=O) groups is 1. The summed E-state index contributed by atoms with van der Waals surface area (Å²) < 4.78 is 1.92. The van der Waals surface area contributed by atoms with Crippen LogP contribution < -0.4 is 5.32 Å². The van der Waals surface area contributed by atoms with Crippen molar-refractivity contribution in [2.75, 3.05) is 5.32 Å². The Bertz CT molecular complexity index is 1170. The fraction of sp³-hybridized carbons (Fsp3) is 0.125. The number of hydrogen-bond donors (Lipinski definition) is 2. The van der Waals surface area contributed by atoms with Crippen LogP contribution in [0.15, 0.2) is 84.0 Å². The zero-order valence-electron chi connectivity index (χ0n) is 17.2.